The number of primary sulfonamides is 1. The molecule has 0 spiro atoms. The monoisotopic (exact) mass is 495 g/mol. The Balaban J connectivity index is 1.65. The van der Waals surface area contributed by atoms with Crippen LogP contribution in [-0.4, -0.2) is 23.4 Å². The van der Waals surface area contributed by atoms with Gasteiger partial charge in [0.25, 0.3) is 0 Å². The number of thiazole rings is 1. The number of hydrogen-bond acceptors (Lipinski definition) is 7. The van der Waals surface area contributed by atoms with Crippen LogP contribution in [0.3, 0.4) is 0 Å². The van der Waals surface area contributed by atoms with E-state index in [0.29, 0.717) is 18.3 Å². The predicted octanol–water partition coefficient (Wildman–Crippen LogP) is 5.14. The number of nitrogens with two attached hydrogens (primary N) is 1. The fourth-order valence-electron chi connectivity index (χ4n) is 3.76. The zero-order valence-corrected chi connectivity index (χ0v) is 21.4. The third kappa shape index (κ3) is 5.78. The molecule has 0 aliphatic carbocycles. The second kappa shape index (κ2) is 9.77. The zero-order chi connectivity index (χ0) is 24.5. The second-order valence-electron chi connectivity index (χ2n) is 8.86. The van der Waals surface area contributed by atoms with Crippen LogP contribution in [0.1, 0.15) is 48.3 Å². The highest BCUT2D eigenvalue weighted by atomic mass is 32.2. The van der Waals surface area contributed by atoms with E-state index >= 15 is 0 Å². The van der Waals surface area contributed by atoms with Crippen molar-refractivity contribution in [2.45, 2.75) is 51.9 Å². The van der Waals surface area contributed by atoms with Crippen LogP contribution in [0.25, 0.3) is 10.2 Å². The lowest BCUT2D eigenvalue weighted by atomic mass is 10.1. The van der Waals surface area contributed by atoms with Crippen molar-refractivity contribution in [3.63, 3.8) is 0 Å². The molecule has 178 valence electrons. The SMILES string of the molecule is CCc1ccc2nc(Cc3cc(CC(C)C)nc(Nc4ccc(S(N)(=O)=O)cc4C)n3)sc2c1. The molecule has 0 bridgehead atoms. The highest BCUT2D eigenvalue weighted by Gasteiger charge is 2.13. The number of nitrogens with one attached hydrogen (secondary N) is 1. The van der Waals surface area contributed by atoms with Gasteiger partial charge >= 0.3 is 0 Å². The van der Waals surface area contributed by atoms with E-state index in [2.05, 4.69) is 44.3 Å². The Morgan fingerprint density at radius 3 is 2.47 bits per heavy atom. The average Bonchev–Trinajstić information content (AvgIpc) is 3.15. The first-order valence-corrected chi connectivity index (χ1v) is 13.6. The molecule has 2 aromatic carbocycles. The van der Waals surface area contributed by atoms with Gasteiger partial charge in [0.1, 0.15) is 0 Å². The van der Waals surface area contributed by atoms with Crippen molar-refractivity contribution in [1.29, 1.82) is 0 Å². The van der Waals surface area contributed by atoms with Gasteiger partial charge in [-0.25, -0.2) is 28.5 Å². The first-order valence-electron chi connectivity index (χ1n) is 11.3. The van der Waals surface area contributed by atoms with E-state index in [9.17, 15) is 8.42 Å². The summed E-state index contributed by atoms with van der Waals surface area (Å²) in [5.41, 5.74) is 5.63. The van der Waals surface area contributed by atoms with Crippen LogP contribution >= 0.6 is 11.3 Å². The molecule has 0 aliphatic rings. The van der Waals surface area contributed by atoms with Gasteiger partial charge in [0.2, 0.25) is 16.0 Å². The molecule has 4 aromatic rings. The molecule has 4 rings (SSSR count). The zero-order valence-electron chi connectivity index (χ0n) is 19.8. The number of anilines is 2. The van der Waals surface area contributed by atoms with Gasteiger partial charge in [-0.3, -0.25) is 0 Å². The second-order valence-corrected chi connectivity index (χ2v) is 11.5. The average molecular weight is 496 g/mol. The highest BCUT2D eigenvalue weighted by Crippen LogP contribution is 2.27. The molecule has 2 aromatic heterocycles. The summed E-state index contributed by atoms with van der Waals surface area (Å²) in [6, 6.07) is 13.2. The normalized spacial score (nSPS) is 11.9. The molecule has 0 fully saturated rings. The van der Waals surface area contributed by atoms with E-state index in [4.69, 9.17) is 20.1 Å². The van der Waals surface area contributed by atoms with Gasteiger partial charge in [0.15, 0.2) is 0 Å². The highest BCUT2D eigenvalue weighted by molar-refractivity contribution is 7.89. The fraction of sp³-hybridized carbons (Fsp3) is 0.320. The van der Waals surface area contributed by atoms with E-state index in [1.807, 2.05) is 13.0 Å². The molecule has 0 unspecified atom stereocenters. The minimum Gasteiger partial charge on any atom is -0.324 e. The maximum Gasteiger partial charge on any atom is 0.238 e. The Morgan fingerprint density at radius 2 is 1.79 bits per heavy atom. The maximum atomic E-state index is 11.6. The standard InChI is InChI=1S/C25H29N5O2S2/c1-5-17-6-8-22-23(12-17)33-24(29-22)14-19-13-18(10-15(2)3)27-25(28-19)30-21-9-7-20(11-16(21)4)34(26,31)32/h6-9,11-13,15H,5,10,14H2,1-4H3,(H2,26,31,32)(H,27,28,30). The molecule has 7 nitrogen and oxygen atoms in total. The van der Waals surface area contributed by atoms with E-state index < -0.39 is 10.0 Å². The first-order chi connectivity index (χ1) is 16.1. The molecule has 0 saturated heterocycles. The van der Waals surface area contributed by atoms with Crippen LogP contribution in [0.2, 0.25) is 0 Å². The molecule has 9 heteroatoms. The van der Waals surface area contributed by atoms with E-state index in [0.717, 1.165) is 46.0 Å². The smallest absolute Gasteiger partial charge is 0.238 e. The molecule has 34 heavy (non-hydrogen) atoms. The van der Waals surface area contributed by atoms with Crippen molar-refractivity contribution in [3.05, 3.63) is 70.0 Å². The third-order valence-electron chi connectivity index (χ3n) is 5.46. The predicted molar refractivity (Wildman–Crippen MR) is 138 cm³/mol. The summed E-state index contributed by atoms with van der Waals surface area (Å²) in [5, 5.41) is 9.52. The summed E-state index contributed by atoms with van der Waals surface area (Å²) < 4.78 is 24.5. The Labute approximate surface area is 204 Å². The van der Waals surface area contributed by atoms with Gasteiger partial charge in [-0.15, -0.1) is 11.3 Å². The molecule has 0 atom stereocenters. The summed E-state index contributed by atoms with van der Waals surface area (Å²) in [7, 11) is -3.76. The maximum absolute atomic E-state index is 11.6. The van der Waals surface area contributed by atoms with Crippen molar-refractivity contribution in [3.8, 4) is 0 Å². The quantitative estimate of drug-likeness (QED) is 0.350. The minimum absolute atomic E-state index is 0.0767. The van der Waals surface area contributed by atoms with Gasteiger partial charge < -0.3 is 5.32 Å². The Bertz CT molecular complexity index is 1450. The number of sulfonamides is 1. The van der Waals surface area contributed by atoms with Crippen LogP contribution in [0.4, 0.5) is 11.6 Å². The third-order valence-corrected chi connectivity index (χ3v) is 7.39. The molecule has 0 radical (unpaired) electrons. The van der Waals surface area contributed by atoms with E-state index in [-0.39, 0.29) is 4.90 Å². The molecule has 0 aliphatic heterocycles. The van der Waals surface area contributed by atoms with Crippen LogP contribution in [0.5, 0.6) is 0 Å². The van der Waals surface area contributed by atoms with Crippen molar-refractivity contribution in [1.82, 2.24) is 15.0 Å². The topological polar surface area (TPSA) is 111 Å². The summed E-state index contributed by atoms with van der Waals surface area (Å²) in [5.74, 6) is 0.926. The molecular weight excluding hydrogens is 466 g/mol. The van der Waals surface area contributed by atoms with Crippen molar-refractivity contribution in [2.24, 2.45) is 11.1 Å². The number of rotatable bonds is 8. The van der Waals surface area contributed by atoms with E-state index in [1.165, 1.54) is 16.3 Å². The van der Waals surface area contributed by atoms with Crippen LogP contribution < -0.4 is 10.5 Å². The van der Waals surface area contributed by atoms with Gasteiger partial charge in [-0.1, -0.05) is 26.8 Å². The lowest BCUT2D eigenvalue weighted by molar-refractivity contribution is 0.597. The molecule has 0 amide bonds. The van der Waals surface area contributed by atoms with Crippen molar-refractivity contribution in [2.75, 3.05) is 5.32 Å². The lowest BCUT2D eigenvalue weighted by Gasteiger charge is -2.13. The molecule has 2 heterocycles. The van der Waals surface area contributed by atoms with Gasteiger partial charge in [-0.2, -0.15) is 0 Å². The van der Waals surface area contributed by atoms with Crippen LogP contribution in [0.15, 0.2) is 47.4 Å². The number of aryl methyl sites for hydroxylation is 2. The summed E-state index contributed by atoms with van der Waals surface area (Å²) in [6.07, 6.45) is 2.44. The molecule has 3 N–H and O–H groups in total. The van der Waals surface area contributed by atoms with Gasteiger partial charge in [0, 0.05) is 17.8 Å². The molecular formula is C25H29N5O2S2. The first kappa shape index (κ1) is 24.3. The number of fused-ring (bicyclic) bond motifs is 1. The van der Waals surface area contributed by atoms with E-state index in [1.54, 1.807) is 23.5 Å². The van der Waals surface area contributed by atoms with Gasteiger partial charge in [-0.05, 0) is 73.2 Å². The van der Waals surface area contributed by atoms with Crippen molar-refractivity contribution >= 4 is 43.2 Å². The summed E-state index contributed by atoms with van der Waals surface area (Å²) in [4.78, 5) is 14.3. The molecule has 0 saturated carbocycles. The fourth-order valence-corrected chi connectivity index (χ4v) is 5.41. The number of aromatic nitrogens is 3. The summed E-state index contributed by atoms with van der Waals surface area (Å²) >= 11 is 1.70. The minimum atomic E-state index is -3.76. The Morgan fingerprint density at radius 1 is 1.03 bits per heavy atom. The largest absolute Gasteiger partial charge is 0.324 e. The number of hydrogen-bond donors (Lipinski definition) is 2. The number of nitrogens with zero attached hydrogens (tertiary/aromatic N) is 3. The summed E-state index contributed by atoms with van der Waals surface area (Å²) in [6.45, 7) is 8.29. The Hall–Kier alpha value is -2.88. The van der Waals surface area contributed by atoms with Crippen molar-refractivity contribution < 1.29 is 8.42 Å². The van der Waals surface area contributed by atoms with Crippen LogP contribution in [0, 0.1) is 12.8 Å². The van der Waals surface area contributed by atoms with Crippen LogP contribution in [-0.2, 0) is 29.3 Å². The lowest BCUT2D eigenvalue weighted by Crippen LogP contribution is -2.12. The number of benzene rings is 2. The Kier molecular flexibility index (Phi) is 6.97. The van der Waals surface area contributed by atoms with Gasteiger partial charge in [0.05, 0.1) is 25.8 Å².